The fourth-order valence-electron chi connectivity index (χ4n) is 9.11. The van der Waals surface area contributed by atoms with Crippen LogP contribution >= 0.6 is 0 Å². The molecule has 3 aromatic carbocycles. The summed E-state index contributed by atoms with van der Waals surface area (Å²) in [7, 11) is 1.66. The van der Waals surface area contributed by atoms with E-state index in [4.69, 9.17) is 14.2 Å². The molecule has 1 amide bonds. The highest BCUT2D eigenvalue weighted by atomic mass is 19.4. The number of benzene rings is 3. The second-order valence-corrected chi connectivity index (χ2v) is 13.8. The number of alkyl halides is 3. The number of halogens is 3. The Balaban J connectivity index is 1.27. The number of rotatable bonds is 8. The predicted molar refractivity (Wildman–Crippen MR) is 178 cm³/mol. The van der Waals surface area contributed by atoms with E-state index in [0.29, 0.717) is 38.0 Å². The molecule has 0 radical (unpaired) electrons. The van der Waals surface area contributed by atoms with E-state index >= 15 is 0 Å². The van der Waals surface area contributed by atoms with E-state index in [1.54, 1.807) is 18.0 Å². The number of likely N-dealkylation sites (tertiary alicyclic amines) is 1. The molecule has 1 saturated carbocycles. The number of carbonyl (C=O) groups is 3. The van der Waals surface area contributed by atoms with E-state index in [0.717, 1.165) is 36.2 Å². The SMILES string of the molecule is CC(=O)Oc1ccc2c3c1O[C@H]1[C@@H](N(C)C(=O)C=Cc4cccc(C(F)(F)F)c4)CC[C@@]4(OC(C)=O)[C@@H](C2)N(CCc2ccccc2)CC[C@]314. The van der Waals surface area contributed by atoms with Crippen LogP contribution in [0.2, 0.25) is 0 Å². The Labute approximate surface area is 288 Å². The van der Waals surface area contributed by atoms with Crippen LogP contribution in [-0.2, 0) is 43.6 Å². The second-order valence-electron chi connectivity index (χ2n) is 13.8. The third-order valence-electron chi connectivity index (χ3n) is 11.1. The van der Waals surface area contributed by atoms with Crippen molar-refractivity contribution in [2.75, 3.05) is 20.1 Å². The molecule has 0 aromatic heterocycles. The topological polar surface area (TPSA) is 85.4 Å². The Morgan fingerprint density at radius 3 is 2.52 bits per heavy atom. The molecule has 7 rings (SSSR count). The largest absolute Gasteiger partial charge is 0.483 e. The van der Waals surface area contributed by atoms with Crippen molar-refractivity contribution in [2.24, 2.45) is 0 Å². The fourth-order valence-corrected chi connectivity index (χ4v) is 9.11. The first kappa shape index (κ1) is 33.8. The number of amides is 1. The van der Waals surface area contributed by atoms with E-state index in [-0.39, 0.29) is 17.4 Å². The average Bonchev–Trinajstić information content (AvgIpc) is 3.43. The molecular formula is C39H39F3N2O6. The standard InChI is InChI=1S/C39H39F3N2O6/c1-24(45)48-31-14-13-28-23-32-38(50-25(2)46)18-16-30(43(3)33(47)15-12-27-10-7-11-29(22-27)39(40,41)42)36-37(38,34(28)35(31)49-36)19-21-44(32)20-17-26-8-5-4-6-9-26/h4-15,22,30,32,36H,16-21,23H2,1-3H3/t30-,32+,36-,37-,38+/m0/s1. The maximum atomic E-state index is 13.7. The van der Waals surface area contributed by atoms with Crippen molar-refractivity contribution < 1.29 is 41.8 Å². The van der Waals surface area contributed by atoms with Crippen LogP contribution in [0.4, 0.5) is 13.2 Å². The molecule has 2 heterocycles. The molecule has 3 aromatic rings. The van der Waals surface area contributed by atoms with Crippen molar-refractivity contribution in [3.05, 3.63) is 101 Å². The van der Waals surface area contributed by atoms with Gasteiger partial charge < -0.3 is 19.1 Å². The third-order valence-corrected chi connectivity index (χ3v) is 11.1. The maximum Gasteiger partial charge on any atom is 0.416 e. The van der Waals surface area contributed by atoms with E-state index in [1.807, 2.05) is 24.3 Å². The Morgan fingerprint density at radius 1 is 1.02 bits per heavy atom. The van der Waals surface area contributed by atoms with Gasteiger partial charge in [-0.05, 0) is 79.6 Å². The summed E-state index contributed by atoms with van der Waals surface area (Å²) in [6.07, 6.45) is 0.368. The van der Waals surface area contributed by atoms with E-state index < -0.39 is 52.7 Å². The van der Waals surface area contributed by atoms with Crippen molar-refractivity contribution in [3.63, 3.8) is 0 Å². The number of hydrogen-bond donors (Lipinski definition) is 0. The van der Waals surface area contributed by atoms with Gasteiger partial charge in [0.15, 0.2) is 11.5 Å². The zero-order valence-electron chi connectivity index (χ0n) is 28.2. The third kappa shape index (κ3) is 5.55. The number of hydrogen-bond acceptors (Lipinski definition) is 7. The minimum Gasteiger partial charge on any atom is -0.483 e. The first-order valence-corrected chi connectivity index (χ1v) is 17.0. The van der Waals surface area contributed by atoms with Gasteiger partial charge in [0, 0.05) is 39.1 Å². The number of esters is 2. The van der Waals surface area contributed by atoms with E-state index in [9.17, 15) is 27.6 Å². The van der Waals surface area contributed by atoms with Gasteiger partial charge in [0.2, 0.25) is 5.91 Å². The van der Waals surface area contributed by atoms with Crippen molar-refractivity contribution in [1.29, 1.82) is 0 Å². The summed E-state index contributed by atoms with van der Waals surface area (Å²) in [6, 6.07) is 18.1. The predicted octanol–water partition coefficient (Wildman–Crippen LogP) is 6.14. The zero-order chi connectivity index (χ0) is 35.4. The van der Waals surface area contributed by atoms with Crippen molar-refractivity contribution in [1.82, 2.24) is 9.80 Å². The zero-order valence-corrected chi connectivity index (χ0v) is 28.2. The molecule has 262 valence electrons. The van der Waals surface area contributed by atoms with Crippen LogP contribution in [0.15, 0.2) is 72.8 Å². The van der Waals surface area contributed by atoms with Crippen LogP contribution in [0.5, 0.6) is 11.5 Å². The molecule has 1 saturated heterocycles. The lowest BCUT2D eigenvalue weighted by Crippen LogP contribution is -2.79. The number of nitrogens with zero attached hydrogens (tertiary/aromatic N) is 2. The summed E-state index contributed by atoms with van der Waals surface area (Å²) < 4.78 is 59.0. The molecule has 2 aliphatic carbocycles. The number of ether oxygens (including phenoxy) is 3. The van der Waals surface area contributed by atoms with Crippen LogP contribution < -0.4 is 9.47 Å². The lowest BCUT2D eigenvalue weighted by atomic mass is 9.48. The van der Waals surface area contributed by atoms with Crippen molar-refractivity contribution in [2.45, 2.75) is 81.3 Å². The average molecular weight is 689 g/mol. The maximum absolute atomic E-state index is 13.7. The molecule has 5 atom stereocenters. The molecule has 2 aliphatic heterocycles. The molecule has 4 aliphatic rings. The lowest BCUT2D eigenvalue weighted by Gasteiger charge is -2.65. The minimum absolute atomic E-state index is 0.171. The summed E-state index contributed by atoms with van der Waals surface area (Å²) in [5.74, 6) is -0.604. The Morgan fingerprint density at radius 2 is 1.80 bits per heavy atom. The molecule has 0 N–H and O–H groups in total. The van der Waals surface area contributed by atoms with Gasteiger partial charge in [-0.1, -0.05) is 48.5 Å². The van der Waals surface area contributed by atoms with Crippen LogP contribution in [0.1, 0.15) is 60.9 Å². The fraction of sp³-hybridized carbons (Fsp3) is 0.410. The van der Waals surface area contributed by atoms with Crippen LogP contribution in [-0.4, -0.2) is 71.6 Å². The van der Waals surface area contributed by atoms with Gasteiger partial charge in [0.25, 0.3) is 0 Å². The molecule has 2 fully saturated rings. The molecule has 0 unspecified atom stereocenters. The van der Waals surface area contributed by atoms with Crippen molar-refractivity contribution in [3.8, 4) is 11.5 Å². The first-order chi connectivity index (χ1) is 23.8. The normalized spacial score (nSPS) is 26.6. The molecular weight excluding hydrogens is 649 g/mol. The quantitative estimate of drug-likeness (QED) is 0.160. The Bertz CT molecular complexity index is 1860. The molecule has 2 bridgehead atoms. The highest BCUT2D eigenvalue weighted by molar-refractivity contribution is 5.92. The smallest absolute Gasteiger partial charge is 0.416 e. The summed E-state index contributed by atoms with van der Waals surface area (Å²) in [5, 5.41) is 0. The number of likely N-dealkylation sites (N-methyl/N-ethyl adjacent to an activating group) is 1. The second kappa shape index (κ2) is 12.6. The van der Waals surface area contributed by atoms with Gasteiger partial charge in [0.1, 0.15) is 11.7 Å². The molecule has 11 heteroatoms. The summed E-state index contributed by atoms with van der Waals surface area (Å²) in [4.78, 5) is 43.0. The van der Waals surface area contributed by atoms with Crippen molar-refractivity contribution >= 4 is 23.9 Å². The molecule has 8 nitrogen and oxygen atoms in total. The lowest BCUT2D eigenvalue weighted by molar-refractivity contribution is -0.223. The highest BCUT2D eigenvalue weighted by Crippen LogP contribution is 2.67. The van der Waals surface area contributed by atoms with E-state index in [1.165, 1.54) is 43.7 Å². The summed E-state index contributed by atoms with van der Waals surface area (Å²) in [5.41, 5.74) is 0.709. The van der Waals surface area contributed by atoms with Gasteiger partial charge in [0.05, 0.1) is 23.1 Å². The van der Waals surface area contributed by atoms with Gasteiger partial charge >= 0.3 is 18.1 Å². The van der Waals surface area contributed by atoms with E-state index in [2.05, 4.69) is 17.0 Å². The summed E-state index contributed by atoms with van der Waals surface area (Å²) in [6.45, 7) is 4.20. The molecule has 1 spiro atoms. The highest BCUT2D eigenvalue weighted by Gasteiger charge is 2.75. The number of piperidine rings is 1. The van der Waals surface area contributed by atoms with Crippen LogP contribution in [0.3, 0.4) is 0 Å². The van der Waals surface area contributed by atoms with Crippen LogP contribution in [0, 0.1) is 0 Å². The molecule has 50 heavy (non-hydrogen) atoms. The number of carbonyl (C=O) groups excluding carboxylic acids is 3. The Kier molecular flexibility index (Phi) is 8.53. The van der Waals surface area contributed by atoms with Crippen LogP contribution in [0.25, 0.3) is 6.08 Å². The van der Waals surface area contributed by atoms with Gasteiger partial charge in [-0.3, -0.25) is 19.3 Å². The minimum atomic E-state index is -4.51. The Hall–Kier alpha value is -4.64. The monoisotopic (exact) mass is 688 g/mol. The summed E-state index contributed by atoms with van der Waals surface area (Å²) >= 11 is 0. The van der Waals surface area contributed by atoms with Gasteiger partial charge in [-0.2, -0.15) is 13.2 Å². The van der Waals surface area contributed by atoms with Gasteiger partial charge in [-0.25, -0.2) is 0 Å². The van der Waals surface area contributed by atoms with Gasteiger partial charge in [-0.15, -0.1) is 0 Å². The first-order valence-electron chi connectivity index (χ1n) is 17.0.